The Kier molecular flexibility index (Phi) is 5.92. The first-order valence-electron chi connectivity index (χ1n) is 9.00. The molecule has 0 radical (unpaired) electrons. The van der Waals surface area contributed by atoms with E-state index in [-0.39, 0.29) is 18.0 Å². The lowest BCUT2D eigenvalue weighted by molar-refractivity contribution is -0.118. The molecule has 0 saturated heterocycles. The number of anilines is 1. The van der Waals surface area contributed by atoms with Gasteiger partial charge in [0.1, 0.15) is 19.0 Å². The molecule has 1 amide bonds. The molecule has 0 unspecified atom stereocenters. The largest absolute Gasteiger partial charge is 0.486 e. The summed E-state index contributed by atoms with van der Waals surface area (Å²) in [6.45, 7) is 3.25. The minimum atomic E-state index is -0.542. The number of nitrogens with zero attached hydrogens (tertiary/aromatic N) is 2. The van der Waals surface area contributed by atoms with Crippen molar-refractivity contribution in [3.8, 4) is 17.6 Å². The normalized spacial score (nSPS) is 12.3. The fourth-order valence-corrected chi connectivity index (χ4v) is 2.95. The van der Waals surface area contributed by atoms with E-state index >= 15 is 0 Å². The van der Waals surface area contributed by atoms with Crippen molar-refractivity contribution < 1.29 is 18.7 Å². The van der Waals surface area contributed by atoms with Gasteiger partial charge in [0.05, 0.1) is 18.2 Å². The highest BCUT2D eigenvalue weighted by molar-refractivity contribution is 5.93. The zero-order chi connectivity index (χ0) is 19.2. The lowest BCUT2D eigenvalue weighted by atomic mass is 10.1. The number of nitriles is 1. The van der Waals surface area contributed by atoms with Crippen LogP contribution in [0, 0.1) is 17.1 Å². The number of amides is 1. The number of carbonyl (C=O) groups is 1. The van der Waals surface area contributed by atoms with Crippen LogP contribution >= 0.6 is 0 Å². The summed E-state index contributed by atoms with van der Waals surface area (Å²) < 4.78 is 25.1. The van der Waals surface area contributed by atoms with Gasteiger partial charge in [-0.25, -0.2) is 4.39 Å². The Morgan fingerprint density at radius 3 is 2.70 bits per heavy atom. The van der Waals surface area contributed by atoms with Gasteiger partial charge in [-0.1, -0.05) is 19.4 Å². The summed E-state index contributed by atoms with van der Waals surface area (Å²) >= 11 is 0. The van der Waals surface area contributed by atoms with Gasteiger partial charge in [-0.2, -0.15) is 5.26 Å². The van der Waals surface area contributed by atoms with Crippen LogP contribution in [0.1, 0.15) is 37.3 Å². The van der Waals surface area contributed by atoms with Crippen LogP contribution in [0.2, 0.25) is 0 Å². The number of fused-ring (bicyclic) bond motifs is 1. The van der Waals surface area contributed by atoms with Crippen molar-refractivity contribution in [3.05, 3.63) is 53.3 Å². The van der Waals surface area contributed by atoms with E-state index in [0.29, 0.717) is 36.8 Å². The maximum Gasteiger partial charge on any atom is 0.227 e. The number of carbonyl (C=O) groups excluding carboxylic acids is 1. The van der Waals surface area contributed by atoms with Crippen molar-refractivity contribution in [3.63, 3.8) is 0 Å². The Morgan fingerprint density at radius 2 is 1.96 bits per heavy atom. The Labute approximate surface area is 157 Å². The molecule has 0 fully saturated rings. The summed E-state index contributed by atoms with van der Waals surface area (Å²) in [5, 5.41) is 9.12. The van der Waals surface area contributed by atoms with E-state index in [1.165, 1.54) is 17.0 Å². The minimum absolute atomic E-state index is 0.110. The first-order chi connectivity index (χ1) is 13.1. The fraction of sp³-hybridized carbons (Fsp3) is 0.333. The predicted molar refractivity (Wildman–Crippen MR) is 99.3 cm³/mol. The molecule has 2 aromatic carbocycles. The molecule has 1 aliphatic rings. The summed E-state index contributed by atoms with van der Waals surface area (Å²) in [6, 6.07) is 11.4. The van der Waals surface area contributed by atoms with Crippen molar-refractivity contribution in [2.45, 2.75) is 32.7 Å². The average Bonchev–Trinajstić information content (AvgIpc) is 2.69. The highest BCUT2D eigenvalue weighted by Gasteiger charge is 2.19. The maximum atomic E-state index is 13.9. The van der Waals surface area contributed by atoms with E-state index in [1.807, 2.05) is 31.2 Å². The zero-order valence-corrected chi connectivity index (χ0v) is 15.2. The lowest BCUT2D eigenvalue weighted by Gasteiger charge is -2.25. The number of hydrogen-bond donors (Lipinski definition) is 0. The van der Waals surface area contributed by atoms with Crippen LogP contribution < -0.4 is 14.4 Å². The van der Waals surface area contributed by atoms with Crippen molar-refractivity contribution in [2.75, 3.05) is 18.1 Å². The van der Waals surface area contributed by atoms with Gasteiger partial charge in [0, 0.05) is 12.1 Å². The molecule has 140 valence electrons. The van der Waals surface area contributed by atoms with Crippen LogP contribution in [0.3, 0.4) is 0 Å². The third-order valence-corrected chi connectivity index (χ3v) is 4.32. The van der Waals surface area contributed by atoms with Crippen molar-refractivity contribution >= 4 is 11.6 Å². The van der Waals surface area contributed by atoms with Crippen LogP contribution in [0.15, 0.2) is 36.4 Å². The SMILES string of the molecule is CCCCC(=O)N(Cc1ccc2c(c1)OCCO2)c1cc(F)cc(C#N)c1. The molecule has 0 bridgehead atoms. The van der Waals surface area contributed by atoms with E-state index in [4.69, 9.17) is 14.7 Å². The molecule has 0 aromatic heterocycles. The number of halogens is 1. The summed E-state index contributed by atoms with van der Waals surface area (Å²) in [4.78, 5) is 14.3. The predicted octanol–water partition coefficient (Wildman–Crippen LogP) is 4.19. The van der Waals surface area contributed by atoms with Gasteiger partial charge in [0.2, 0.25) is 5.91 Å². The third-order valence-electron chi connectivity index (χ3n) is 4.32. The average molecular weight is 368 g/mol. The molecule has 2 aromatic rings. The van der Waals surface area contributed by atoms with E-state index in [9.17, 15) is 9.18 Å². The van der Waals surface area contributed by atoms with Crippen LogP contribution in [-0.4, -0.2) is 19.1 Å². The molecule has 3 rings (SSSR count). The fourth-order valence-electron chi connectivity index (χ4n) is 2.95. The second-order valence-electron chi connectivity index (χ2n) is 6.37. The zero-order valence-electron chi connectivity index (χ0n) is 15.2. The number of hydrogen-bond acceptors (Lipinski definition) is 4. The standard InChI is InChI=1S/C21H21FN2O3/c1-2-3-4-21(25)24(18-10-16(13-23)9-17(22)12-18)14-15-5-6-19-20(11-15)27-8-7-26-19/h5-6,9-12H,2-4,7-8,14H2,1H3. The molecule has 1 aliphatic heterocycles. The van der Waals surface area contributed by atoms with Crippen molar-refractivity contribution in [1.29, 1.82) is 5.26 Å². The van der Waals surface area contributed by atoms with E-state index in [0.717, 1.165) is 24.5 Å². The minimum Gasteiger partial charge on any atom is -0.486 e. The van der Waals surface area contributed by atoms with Crippen molar-refractivity contribution in [1.82, 2.24) is 0 Å². The van der Waals surface area contributed by atoms with Crippen molar-refractivity contribution in [2.24, 2.45) is 0 Å². The van der Waals surface area contributed by atoms with Crippen LogP contribution in [0.5, 0.6) is 11.5 Å². The Morgan fingerprint density at radius 1 is 1.19 bits per heavy atom. The topological polar surface area (TPSA) is 62.6 Å². The molecular formula is C21H21FN2O3. The first kappa shape index (κ1) is 18.7. The molecule has 5 nitrogen and oxygen atoms in total. The smallest absolute Gasteiger partial charge is 0.227 e. The molecule has 6 heteroatoms. The number of unbranched alkanes of at least 4 members (excludes halogenated alkanes) is 1. The highest BCUT2D eigenvalue weighted by atomic mass is 19.1. The number of ether oxygens (including phenoxy) is 2. The molecule has 0 N–H and O–H groups in total. The Hall–Kier alpha value is -3.07. The van der Waals surface area contributed by atoms with E-state index in [1.54, 1.807) is 0 Å². The summed E-state index contributed by atoms with van der Waals surface area (Å²) in [5.74, 6) is 0.656. The van der Waals surface area contributed by atoms with Crippen LogP contribution in [0.4, 0.5) is 10.1 Å². The van der Waals surface area contributed by atoms with Gasteiger partial charge in [-0.15, -0.1) is 0 Å². The van der Waals surface area contributed by atoms with E-state index < -0.39 is 5.82 Å². The van der Waals surface area contributed by atoms with Gasteiger partial charge >= 0.3 is 0 Å². The Bertz CT molecular complexity index is 876. The second-order valence-corrected chi connectivity index (χ2v) is 6.37. The van der Waals surface area contributed by atoms with Crippen LogP contribution in [0.25, 0.3) is 0 Å². The number of rotatable bonds is 6. The van der Waals surface area contributed by atoms with Gasteiger partial charge in [-0.3, -0.25) is 4.79 Å². The molecule has 0 aliphatic carbocycles. The van der Waals surface area contributed by atoms with E-state index in [2.05, 4.69) is 0 Å². The highest BCUT2D eigenvalue weighted by Crippen LogP contribution is 2.32. The third kappa shape index (κ3) is 4.56. The maximum absolute atomic E-state index is 13.9. The molecule has 27 heavy (non-hydrogen) atoms. The monoisotopic (exact) mass is 368 g/mol. The lowest BCUT2D eigenvalue weighted by Crippen LogP contribution is -2.30. The first-order valence-corrected chi connectivity index (χ1v) is 9.00. The summed E-state index contributed by atoms with van der Waals surface area (Å²) in [5.41, 5.74) is 1.40. The molecular weight excluding hydrogens is 347 g/mol. The molecule has 0 atom stereocenters. The molecule has 0 spiro atoms. The van der Waals surface area contributed by atoms with Gasteiger partial charge in [-0.05, 0) is 42.3 Å². The molecule has 1 heterocycles. The summed E-state index contributed by atoms with van der Waals surface area (Å²) in [7, 11) is 0. The number of benzene rings is 2. The van der Waals surface area contributed by atoms with Gasteiger partial charge in [0.25, 0.3) is 0 Å². The quantitative estimate of drug-likeness (QED) is 0.767. The second kappa shape index (κ2) is 8.54. The van der Waals surface area contributed by atoms with Gasteiger partial charge < -0.3 is 14.4 Å². The summed E-state index contributed by atoms with van der Waals surface area (Å²) in [6.07, 6.45) is 1.99. The van der Waals surface area contributed by atoms with Gasteiger partial charge in [0.15, 0.2) is 11.5 Å². The molecule has 0 saturated carbocycles. The van der Waals surface area contributed by atoms with Crippen LogP contribution in [-0.2, 0) is 11.3 Å². The Balaban J connectivity index is 1.92.